The molecule has 1 aromatic carbocycles. The Morgan fingerprint density at radius 2 is 2.17 bits per heavy atom. The maximum Gasteiger partial charge on any atom is 0.143 e. The molecule has 2 nitrogen and oxygen atoms in total. The highest BCUT2D eigenvalue weighted by Gasteiger charge is 2.11. The number of benzene rings is 1. The third-order valence-corrected chi connectivity index (χ3v) is 4.00. The van der Waals surface area contributed by atoms with Gasteiger partial charge in [-0.15, -0.1) is 0 Å². The van der Waals surface area contributed by atoms with E-state index >= 15 is 0 Å². The number of nitrogens with one attached hydrogen (secondary N) is 1. The number of methoxy groups -OCH3 is 1. The van der Waals surface area contributed by atoms with Gasteiger partial charge < -0.3 is 10.1 Å². The topological polar surface area (TPSA) is 21.3 Å². The van der Waals surface area contributed by atoms with Crippen LogP contribution in [0.2, 0.25) is 5.02 Å². The van der Waals surface area contributed by atoms with Gasteiger partial charge in [-0.25, -0.2) is 0 Å². The first kappa shape index (κ1) is 13.2. The Morgan fingerprint density at radius 3 is 2.78 bits per heavy atom. The average molecular weight is 282 g/mol. The van der Waals surface area contributed by atoms with E-state index in [4.69, 9.17) is 16.3 Å². The Bertz CT molecular complexity index is 525. The number of ether oxygens (including phenoxy) is 1. The van der Waals surface area contributed by atoms with E-state index in [1.165, 1.54) is 5.56 Å². The summed E-state index contributed by atoms with van der Waals surface area (Å²) in [6.45, 7) is 4.12. The van der Waals surface area contributed by atoms with Crippen molar-refractivity contribution >= 4 is 28.6 Å². The largest absolute Gasteiger partial charge is 0.495 e. The second-order valence-corrected chi connectivity index (χ2v) is 5.41. The van der Waals surface area contributed by atoms with Crippen LogP contribution in [0, 0.1) is 6.92 Å². The lowest BCUT2D eigenvalue weighted by molar-refractivity contribution is 0.416. The predicted molar refractivity (Wildman–Crippen MR) is 79.1 cm³/mol. The Kier molecular flexibility index (Phi) is 4.15. The Labute approximate surface area is 117 Å². The van der Waals surface area contributed by atoms with Crippen molar-refractivity contribution in [3.8, 4) is 5.75 Å². The number of hydrogen-bond acceptors (Lipinski definition) is 3. The molecule has 1 unspecified atom stereocenters. The molecule has 1 aromatic heterocycles. The average Bonchev–Trinajstić information content (AvgIpc) is 2.87. The lowest BCUT2D eigenvalue weighted by atomic mass is 10.1. The van der Waals surface area contributed by atoms with Crippen molar-refractivity contribution in [2.45, 2.75) is 19.9 Å². The lowest BCUT2D eigenvalue weighted by Gasteiger charge is -2.18. The molecule has 0 aliphatic heterocycles. The molecule has 0 saturated heterocycles. The van der Waals surface area contributed by atoms with Crippen LogP contribution in [-0.2, 0) is 0 Å². The van der Waals surface area contributed by atoms with Gasteiger partial charge in [-0.3, -0.25) is 0 Å². The standard InChI is InChI=1S/C14H16ClNOS/c1-9-6-13(14(17-3)7-12(9)15)16-10(2)11-4-5-18-8-11/h4-8,10,16H,1-3H3. The quantitative estimate of drug-likeness (QED) is 0.861. The molecule has 1 heterocycles. The van der Waals surface area contributed by atoms with Gasteiger partial charge in [0.2, 0.25) is 0 Å². The van der Waals surface area contributed by atoms with Crippen molar-refractivity contribution < 1.29 is 4.74 Å². The zero-order valence-corrected chi connectivity index (χ0v) is 12.2. The van der Waals surface area contributed by atoms with Gasteiger partial charge in [0.1, 0.15) is 5.75 Å². The highest BCUT2D eigenvalue weighted by atomic mass is 35.5. The zero-order valence-electron chi connectivity index (χ0n) is 10.7. The van der Waals surface area contributed by atoms with Gasteiger partial charge in [-0.05, 0) is 47.9 Å². The molecule has 4 heteroatoms. The van der Waals surface area contributed by atoms with Crippen LogP contribution in [-0.4, -0.2) is 7.11 Å². The highest BCUT2D eigenvalue weighted by Crippen LogP contribution is 2.33. The molecule has 0 radical (unpaired) electrons. The molecule has 2 aromatic rings. The van der Waals surface area contributed by atoms with E-state index in [1.807, 2.05) is 19.1 Å². The Balaban J connectivity index is 2.25. The summed E-state index contributed by atoms with van der Waals surface area (Å²) in [4.78, 5) is 0. The van der Waals surface area contributed by atoms with Crippen molar-refractivity contribution in [2.75, 3.05) is 12.4 Å². The fourth-order valence-electron chi connectivity index (χ4n) is 1.78. The number of thiophene rings is 1. The van der Waals surface area contributed by atoms with Crippen LogP contribution in [0.1, 0.15) is 24.1 Å². The second kappa shape index (κ2) is 5.63. The molecule has 0 fully saturated rings. The van der Waals surface area contributed by atoms with Crippen LogP contribution >= 0.6 is 22.9 Å². The molecule has 0 aliphatic rings. The third-order valence-electron chi connectivity index (χ3n) is 2.90. The molecular formula is C14H16ClNOS. The first-order chi connectivity index (χ1) is 8.61. The van der Waals surface area contributed by atoms with Crippen LogP contribution in [0.15, 0.2) is 29.0 Å². The minimum absolute atomic E-state index is 0.241. The molecular weight excluding hydrogens is 266 g/mol. The number of aryl methyl sites for hydroxylation is 1. The van der Waals surface area contributed by atoms with Crippen molar-refractivity contribution in [1.29, 1.82) is 0 Å². The highest BCUT2D eigenvalue weighted by molar-refractivity contribution is 7.07. The van der Waals surface area contributed by atoms with E-state index < -0.39 is 0 Å². The van der Waals surface area contributed by atoms with Crippen LogP contribution in [0.3, 0.4) is 0 Å². The van der Waals surface area contributed by atoms with E-state index in [0.717, 1.165) is 22.0 Å². The van der Waals surface area contributed by atoms with Crippen molar-refractivity contribution in [2.24, 2.45) is 0 Å². The summed E-state index contributed by atoms with van der Waals surface area (Å²) < 4.78 is 5.36. The molecule has 0 spiro atoms. The van der Waals surface area contributed by atoms with Gasteiger partial charge in [0.25, 0.3) is 0 Å². The summed E-state index contributed by atoms with van der Waals surface area (Å²) >= 11 is 7.80. The zero-order chi connectivity index (χ0) is 13.1. The summed E-state index contributed by atoms with van der Waals surface area (Å²) in [5, 5.41) is 8.40. The van der Waals surface area contributed by atoms with E-state index in [9.17, 15) is 0 Å². The van der Waals surface area contributed by atoms with Crippen LogP contribution in [0.25, 0.3) is 0 Å². The summed E-state index contributed by atoms with van der Waals surface area (Å²) in [7, 11) is 1.65. The molecule has 96 valence electrons. The smallest absolute Gasteiger partial charge is 0.143 e. The minimum atomic E-state index is 0.241. The third kappa shape index (κ3) is 2.79. The molecule has 1 atom stereocenters. The molecule has 0 saturated carbocycles. The van der Waals surface area contributed by atoms with Crippen molar-refractivity contribution in [1.82, 2.24) is 0 Å². The lowest BCUT2D eigenvalue weighted by Crippen LogP contribution is -2.07. The van der Waals surface area contributed by atoms with E-state index in [2.05, 4.69) is 29.1 Å². The van der Waals surface area contributed by atoms with Gasteiger partial charge in [0, 0.05) is 17.1 Å². The monoisotopic (exact) mass is 281 g/mol. The van der Waals surface area contributed by atoms with E-state index in [0.29, 0.717) is 0 Å². The fourth-order valence-corrected chi connectivity index (χ4v) is 2.69. The fraction of sp³-hybridized carbons (Fsp3) is 0.286. The predicted octanol–water partition coefficient (Wildman–Crippen LogP) is 4.89. The maximum atomic E-state index is 6.09. The SMILES string of the molecule is COc1cc(Cl)c(C)cc1NC(C)c1ccsc1. The second-order valence-electron chi connectivity index (χ2n) is 4.22. The first-order valence-corrected chi connectivity index (χ1v) is 7.06. The number of rotatable bonds is 4. The molecule has 18 heavy (non-hydrogen) atoms. The van der Waals surface area contributed by atoms with Gasteiger partial charge >= 0.3 is 0 Å². The van der Waals surface area contributed by atoms with Crippen molar-refractivity contribution in [3.63, 3.8) is 0 Å². The van der Waals surface area contributed by atoms with Gasteiger partial charge in [-0.1, -0.05) is 11.6 Å². The minimum Gasteiger partial charge on any atom is -0.495 e. The summed E-state index contributed by atoms with van der Waals surface area (Å²) in [5.41, 5.74) is 3.28. The van der Waals surface area contributed by atoms with E-state index in [-0.39, 0.29) is 6.04 Å². The first-order valence-electron chi connectivity index (χ1n) is 5.74. The van der Waals surface area contributed by atoms with E-state index in [1.54, 1.807) is 18.4 Å². The van der Waals surface area contributed by atoms with Crippen LogP contribution in [0.4, 0.5) is 5.69 Å². The van der Waals surface area contributed by atoms with Gasteiger partial charge in [-0.2, -0.15) is 11.3 Å². The normalized spacial score (nSPS) is 12.2. The summed E-state index contributed by atoms with van der Waals surface area (Å²) in [5.74, 6) is 0.771. The summed E-state index contributed by atoms with van der Waals surface area (Å²) in [6.07, 6.45) is 0. The van der Waals surface area contributed by atoms with Crippen LogP contribution in [0.5, 0.6) is 5.75 Å². The molecule has 0 bridgehead atoms. The number of hydrogen-bond donors (Lipinski definition) is 1. The number of anilines is 1. The Morgan fingerprint density at radius 1 is 1.39 bits per heavy atom. The van der Waals surface area contributed by atoms with Crippen molar-refractivity contribution in [3.05, 3.63) is 45.1 Å². The molecule has 2 rings (SSSR count). The van der Waals surface area contributed by atoms with Gasteiger partial charge in [0.15, 0.2) is 0 Å². The molecule has 1 N–H and O–H groups in total. The molecule has 0 amide bonds. The number of halogens is 1. The Hall–Kier alpha value is -1.19. The summed E-state index contributed by atoms with van der Waals surface area (Å²) in [6, 6.07) is 6.23. The van der Waals surface area contributed by atoms with Gasteiger partial charge in [0.05, 0.1) is 12.8 Å². The molecule has 0 aliphatic carbocycles. The maximum absolute atomic E-state index is 6.09. The van der Waals surface area contributed by atoms with Crippen LogP contribution < -0.4 is 10.1 Å².